The van der Waals surface area contributed by atoms with Crippen LogP contribution >= 0.6 is 0 Å². The average molecular weight is 935 g/mol. The number of hydrogen-bond acceptors (Lipinski definition) is 0. The summed E-state index contributed by atoms with van der Waals surface area (Å²) in [6.07, 6.45) is 2.50. The Morgan fingerprint density at radius 3 is 1.11 bits per heavy atom. The molecule has 0 atom stereocenters. The minimum Gasteiger partial charge on any atom is -0.507 e. The molecule has 0 nitrogen and oxygen atoms in total. The maximum absolute atomic E-state index is 3.24. The van der Waals surface area contributed by atoms with Crippen molar-refractivity contribution in [1.82, 2.24) is 0 Å². The zero-order chi connectivity index (χ0) is 2.71. The molecule has 0 aliphatic carbocycles. The first-order valence-corrected chi connectivity index (χ1v) is 0.854. The first-order valence-electron chi connectivity index (χ1n) is 0.854. The van der Waals surface area contributed by atoms with Gasteiger partial charge in [0.1, 0.15) is 0 Å². The molecule has 0 saturated carbocycles. The Morgan fingerprint density at radius 2 is 1.11 bits per heavy atom. The van der Waals surface area contributed by atoms with Crippen LogP contribution in [0.2, 0.25) is 0 Å². The van der Waals surface area contributed by atoms with Gasteiger partial charge < -0.3 is 13.5 Å². The molecule has 5 heteroatoms. The molecule has 0 saturated heterocycles. The quantitative estimate of drug-likeness (QED) is 0.324. The van der Waals surface area contributed by atoms with Crippen LogP contribution in [0.25, 0.3) is 0 Å². The van der Waals surface area contributed by atoms with Gasteiger partial charge in [-0.3, -0.25) is 6.58 Å². The molecule has 0 unspecified atom stereocenters. The van der Waals surface area contributed by atoms with Crippen LogP contribution in [0.15, 0.2) is 6.58 Å². The molecule has 1 radical (unpaired) electrons. The van der Waals surface area contributed by atoms with Crippen LogP contribution in [-0.4, -0.2) is 0 Å². The molecule has 9 heavy (non-hydrogen) atoms. The first-order chi connectivity index (χ1) is 1.41. The molecule has 0 aromatic carbocycles. The van der Waals surface area contributed by atoms with E-state index < -0.39 is 0 Å². The molecule has 0 aliphatic rings. The van der Waals surface area contributed by atoms with E-state index in [0.717, 1.165) is 0 Å². The van der Waals surface area contributed by atoms with Crippen molar-refractivity contribution < 1.29 is 127 Å². The van der Waals surface area contributed by atoms with E-state index in [9.17, 15) is 0 Å². The van der Waals surface area contributed by atoms with Crippen molar-refractivity contribution >= 4 is 0 Å². The summed E-state index contributed by atoms with van der Waals surface area (Å²) in [5, 5.41) is 0. The summed E-state index contributed by atoms with van der Waals surface area (Å²) in [5.74, 6) is 0. The van der Waals surface area contributed by atoms with Crippen molar-refractivity contribution in [2.45, 2.75) is 6.92 Å². The Bertz CT molecular complexity index is 23.3. The maximum Gasteiger partial charge on any atom is 0 e. The third-order valence-corrected chi connectivity index (χ3v) is 0. The van der Waals surface area contributed by atoms with Crippen LogP contribution in [0.3, 0.4) is 0 Å². The van der Waals surface area contributed by atoms with E-state index in [1.807, 2.05) is 0 Å². The van der Waals surface area contributed by atoms with Crippen LogP contribution in [0, 0.1) is 44.6 Å². The standard InChI is InChI=1S/C3H5.CH3.U.3W.Y/c1-3-2;;;;;;/h1H2,2H3;1H3;;;;;/q2*-1;;;;;. The van der Waals surface area contributed by atoms with Gasteiger partial charge in [0.25, 0.3) is 0 Å². The molecule has 0 bridgehead atoms. The van der Waals surface area contributed by atoms with Crippen LogP contribution < -0.4 is 0 Å². The van der Waals surface area contributed by atoms with E-state index in [4.69, 9.17) is 0 Å². The molecule has 0 amide bonds. The zero-order valence-corrected chi connectivity index (χ0v) is 21.3. The van der Waals surface area contributed by atoms with E-state index in [-0.39, 0.29) is 134 Å². The fourth-order valence-corrected chi connectivity index (χ4v) is 0. The van der Waals surface area contributed by atoms with E-state index in [1.54, 1.807) is 6.92 Å². The summed E-state index contributed by atoms with van der Waals surface area (Å²) < 4.78 is 0. The molecule has 0 aromatic rings. The van der Waals surface area contributed by atoms with E-state index in [0.29, 0.717) is 0 Å². The van der Waals surface area contributed by atoms with Crippen molar-refractivity contribution in [2.24, 2.45) is 0 Å². The van der Waals surface area contributed by atoms with Crippen LogP contribution in [0.1, 0.15) is 6.92 Å². The van der Waals surface area contributed by atoms with Crippen molar-refractivity contribution in [3.05, 3.63) is 20.1 Å². The third kappa shape index (κ3) is 75.6. The predicted octanol–water partition coefficient (Wildman–Crippen LogP) is 1.44. The van der Waals surface area contributed by atoms with Gasteiger partial charge in [-0.25, -0.2) is 0 Å². The van der Waals surface area contributed by atoms with E-state index >= 15 is 0 Å². The first kappa shape index (κ1) is 52.2. The van der Waals surface area contributed by atoms with Gasteiger partial charge >= 0.3 is 0 Å². The van der Waals surface area contributed by atoms with Crippen molar-refractivity contribution in [3.63, 3.8) is 0 Å². The van der Waals surface area contributed by atoms with Gasteiger partial charge in [0.2, 0.25) is 0 Å². The van der Waals surface area contributed by atoms with Gasteiger partial charge in [0.15, 0.2) is 0 Å². The van der Waals surface area contributed by atoms with Crippen molar-refractivity contribution in [1.29, 1.82) is 0 Å². The number of rotatable bonds is 0. The molecule has 0 aliphatic heterocycles. The molecular formula is C4H8UW3Y-2. The third-order valence-electron chi connectivity index (χ3n) is 0. The number of allylic oxidation sites excluding steroid dienone is 1. The van der Waals surface area contributed by atoms with Gasteiger partial charge in [-0.05, 0) is 0 Å². The van der Waals surface area contributed by atoms with Crippen LogP contribution in [0.5, 0.6) is 0 Å². The van der Waals surface area contributed by atoms with Gasteiger partial charge in [-0.1, -0.05) is 0 Å². The normalized spacial score (nSPS) is 1.44. The summed E-state index contributed by atoms with van der Waals surface area (Å²) in [4.78, 5) is 0. The van der Waals surface area contributed by atoms with Gasteiger partial charge in [-0.2, -0.15) is 6.92 Å². The Kier molecular flexibility index (Phi) is 339. The summed E-state index contributed by atoms with van der Waals surface area (Å²) in [5.41, 5.74) is 0. The Hall–Kier alpha value is 3.96. The molecule has 0 spiro atoms. The summed E-state index contributed by atoms with van der Waals surface area (Å²) in [6.45, 7) is 5.00. The summed E-state index contributed by atoms with van der Waals surface area (Å²) in [7, 11) is 0. The van der Waals surface area contributed by atoms with Gasteiger partial charge in [0, 0.05) is 127 Å². The number of hydrogen-bond donors (Lipinski definition) is 0. The molecule has 51 valence electrons. The Balaban J connectivity index is -0.00000000133. The largest absolute Gasteiger partial charge is 0.507 e. The van der Waals surface area contributed by atoms with Crippen LogP contribution in [-0.2, 0) is 95.9 Å². The topological polar surface area (TPSA) is 0 Å². The second-order valence-corrected chi connectivity index (χ2v) is 0.354. The molecular weight excluding hydrogens is 926 g/mol. The van der Waals surface area contributed by atoms with E-state index in [2.05, 4.69) is 12.7 Å². The minimum atomic E-state index is 0. The smallest absolute Gasteiger partial charge is 0 e. The molecule has 0 heterocycles. The summed E-state index contributed by atoms with van der Waals surface area (Å²) >= 11 is 0. The van der Waals surface area contributed by atoms with Gasteiger partial charge in [-0.15, -0.1) is 0 Å². The predicted molar refractivity (Wildman–Crippen MR) is 21.0 cm³/mol. The van der Waals surface area contributed by atoms with Crippen molar-refractivity contribution in [3.8, 4) is 0 Å². The fourth-order valence-electron chi connectivity index (χ4n) is 0. The Morgan fingerprint density at radius 1 is 1.11 bits per heavy atom. The SMILES string of the molecule is C=[C-]C.[CH3-].[U].[W].[W].[W].[Y]. The van der Waals surface area contributed by atoms with Crippen LogP contribution in [0.4, 0.5) is 0 Å². The minimum absolute atomic E-state index is 0. The fraction of sp³-hybridized carbons (Fsp3) is 0.250. The average Bonchev–Trinajstić information content (AvgIpc) is 0.918. The second kappa shape index (κ2) is 58.4. The van der Waals surface area contributed by atoms with Crippen molar-refractivity contribution in [2.75, 3.05) is 0 Å². The zero-order valence-electron chi connectivity index (χ0n) is 5.51. The second-order valence-electron chi connectivity index (χ2n) is 0.354. The molecule has 0 rings (SSSR count). The van der Waals surface area contributed by atoms with Gasteiger partial charge in [0.05, 0.1) is 0 Å². The van der Waals surface area contributed by atoms with E-state index in [1.165, 1.54) is 0 Å². The summed E-state index contributed by atoms with van der Waals surface area (Å²) in [6, 6.07) is 0. The molecule has 0 N–H and O–H groups in total. The molecule has 0 aromatic heterocycles. The Labute approximate surface area is 151 Å². The molecule has 0 fully saturated rings. The maximum atomic E-state index is 3.24. The monoisotopic (exact) mass is 935 g/mol.